The minimum atomic E-state index is 0.315. The molecule has 17 heavy (non-hydrogen) atoms. The third kappa shape index (κ3) is 2.13. The SMILES string of the molecule is OCC1CCc2cc(C3CCCCC3)ccc21. The molecule has 1 aromatic carbocycles. The summed E-state index contributed by atoms with van der Waals surface area (Å²) in [5, 5.41) is 9.33. The Morgan fingerprint density at radius 1 is 1.06 bits per heavy atom. The van der Waals surface area contributed by atoms with Crippen molar-refractivity contribution in [3.8, 4) is 0 Å². The second-order valence-corrected chi connectivity index (χ2v) is 5.71. The minimum absolute atomic E-state index is 0.315. The molecule has 1 aromatic rings. The summed E-state index contributed by atoms with van der Waals surface area (Å²) in [6.07, 6.45) is 9.29. The lowest BCUT2D eigenvalue weighted by molar-refractivity contribution is 0.265. The zero-order chi connectivity index (χ0) is 11.7. The van der Waals surface area contributed by atoms with Gasteiger partial charge in [0.05, 0.1) is 0 Å². The number of fused-ring (bicyclic) bond motifs is 1. The zero-order valence-electron chi connectivity index (χ0n) is 10.5. The predicted molar refractivity (Wildman–Crippen MR) is 70.4 cm³/mol. The molecule has 1 nitrogen and oxygen atoms in total. The van der Waals surface area contributed by atoms with Crippen molar-refractivity contribution in [2.24, 2.45) is 0 Å². The molecule has 1 N–H and O–H groups in total. The van der Waals surface area contributed by atoms with E-state index < -0.39 is 0 Å². The summed E-state index contributed by atoms with van der Waals surface area (Å²) < 4.78 is 0. The van der Waals surface area contributed by atoms with Gasteiger partial charge in [-0.2, -0.15) is 0 Å². The van der Waals surface area contributed by atoms with Crippen molar-refractivity contribution in [1.82, 2.24) is 0 Å². The van der Waals surface area contributed by atoms with Gasteiger partial charge < -0.3 is 5.11 Å². The number of hydrogen-bond donors (Lipinski definition) is 1. The Balaban J connectivity index is 1.84. The molecule has 2 aliphatic rings. The fourth-order valence-corrected chi connectivity index (χ4v) is 3.61. The number of aryl methyl sites for hydroxylation is 1. The molecule has 0 radical (unpaired) electrons. The summed E-state index contributed by atoms with van der Waals surface area (Å²) >= 11 is 0. The maximum Gasteiger partial charge on any atom is 0.0499 e. The Bertz CT molecular complexity index is 391. The normalized spacial score (nSPS) is 24.9. The average Bonchev–Trinajstić information content (AvgIpc) is 2.81. The summed E-state index contributed by atoms with van der Waals surface area (Å²) in [5.74, 6) is 1.22. The zero-order valence-corrected chi connectivity index (χ0v) is 10.5. The first-order valence-corrected chi connectivity index (χ1v) is 7.12. The molecule has 0 bridgehead atoms. The fourth-order valence-electron chi connectivity index (χ4n) is 3.61. The standard InChI is InChI=1S/C16H22O/c17-11-15-7-6-14-10-13(8-9-16(14)15)12-4-2-1-3-5-12/h8-10,12,15,17H,1-7,11H2. The Hall–Kier alpha value is -0.820. The van der Waals surface area contributed by atoms with E-state index in [1.807, 2.05) is 0 Å². The van der Waals surface area contributed by atoms with Crippen LogP contribution in [0.1, 0.15) is 67.1 Å². The Kier molecular flexibility index (Phi) is 3.19. The highest BCUT2D eigenvalue weighted by molar-refractivity contribution is 5.39. The van der Waals surface area contributed by atoms with E-state index in [0.29, 0.717) is 12.5 Å². The van der Waals surface area contributed by atoms with Crippen LogP contribution in [0.2, 0.25) is 0 Å². The van der Waals surface area contributed by atoms with Crippen molar-refractivity contribution in [2.75, 3.05) is 6.61 Å². The first-order chi connectivity index (χ1) is 8.38. The van der Waals surface area contributed by atoms with Crippen LogP contribution in [0.3, 0.4) is 0 Å². The van der Waals surface area contributed by atoms with E-state index in [9.17, 15) is 5.11 Å². The van der Waals surface area contributed by atoms with E-state index in [0.717, 1.165) is 12.3 Å². The molecule has 0 aliphatic heterocycles. The van der Waals surface area contributed by atoms with Gasteiger partial charge in [0.1, 0.15) is 0 Å². The molecule has 0 amide bonds. The number of hydrogen-bond acceptors (Lipinski definition) is 1. The van der Waals surface area contributed by atoms with E-state index in [2.05, 4.69) is 18.2 Å². The third-order valence-electron chi connectivity index (χ3n) is 4.67. The van der Waals surface area contributed by atoms with Crippen molar-refractivity contribution in [1.29, 1.82) is 0 Å². The molecule has 0 saturated heterocycles. The van der Waals surface area contributed by atoms with E-state index in [1.54, 1.807) is 5.56 Å². The molecule has 1 atom stereocenters. The average molecular weight is 230 g/mol. The number of rotatable bonds is 2. The molecule has 92 valence electrons. The lowest BCUT2D eigenvalue weighted by Gasteiger charge is -2.22. The van der Waals surface area contributed by atoms with Gasteiger partial charge in [-0.1, -0.05) is 37.5 Å². The van der Waals surface area contributed by atoms with Gasteiger partial charge in [-0.05, 0) is 48.3 Å². The molecule has 0 spiro atoms. The quantitative estimate of drug-likeness (QED) is 0.820. The van der Waals surface area contributed by atoms with Crippen molar-refractivity contribution in [3.63, 3.8) is 0 Å². The first-order valence-electron chi connectivity index (χ1n) is 7.12. The van der Waals surface area contributed by atoms with Crippen molar-refractivity contribution in [2.45, 2.75) is 56.8 Å². The number of benzene rings is 1. The van der Waals surface area contributed by atoms with E-state index in [4.69, 9.17) is 0 Å². The van der Waals surface area contributed by atoms with Gasteiger partial charge in [0, 0.05) is 12.5 Å². The molecular formula is C16H22O. The van der Waals surface area contributed by atoms with E-state index in [1.165, 1.54) is 49.7 Å². The molecule has 2 aliphatic carbocycles. The highest BCUT2D eigenvalue weighted by atomic mass is 16.3. The van der Waals surface area contributed by atoms with Gasteiger partial charge in [0.15, 0.2) is 0 Å². The molecule has 1 fully saturated rings. The third-order valence-corrected chi connectivity index (χ3v) is 4.67. The lowest BCUT2D eigenvalue weighted by Crippen LogP contribution is -2.05. The smallest absolute Gasteiger partial charge is 0.0499 e. The predicted octanol–water partition coefficient (Wildman–Crippen LogP) is 3.76. The number of aliphatic hydroxyl groups excluding tert-OH is 1. The Morgan fingerprint density at radius 2 is 1.88 bits per heavy atom. The van der Waals surface area contributed by atoms with Crippen LogP contribution in [0.15, 0.2) is 18.2 Å². The molecule has 1 unspecified atom stereocenters. The van der Waals surface area contributed by atoms with Crippen molar-refractivity contribution in [3.05, 3.63) is 34.9 Å². The van der Waals surface area contributed by atoms with Crippen LogP contribution >= 0.6 is 0 Å². The topological polar surface area (TPSA) is 20.2 Å². The summed E-state index contributed by atoms with van der Waals surface area (Å²) in [4.78, 5) is 0. The monoisotopic (exact) mass is 230 g/mol. The summed E-state index contributed by atoms with van der Waals surface area (Å²) in [6, 6.07) is 7.04. The van der Waals surface area contributed by atoms with Gasteiger partial charge in [0.25, 0.3) is 0 Å². The molecular weight excluding hydrogens is 208 g/mol. The van der Waals surface area contributed by atoms with Gasteiger partial charge >= 0.3 is 0 Å². The Labute approximate surface area is 104 Å². The fraction of sp³-hybridized carbons (Fsp3) is 0.625. The lowest BCUT2D eigenvalue weighted by atomic mass is 9.83. The van der Waals surface area contributed by atoms with Crippen LogP contribution in [0.25, 0.3) is 0 Å². The molecule has 1 saturated carbocycles. The van der Waals surface area contributed by atoms with Crippen LogP contribution in [0.4, 0.5) is 0 Å². The highest BCUT2D eigenvalue weighted by Crippen LogP contribution is 2.38. The van der Waals surface area contributed by atoms with E-state index in [-0.39, 0.29) is 0 Å². The minimum Gasteiger partial charge on any atom is -0.396 e. The largest absolute Gasteiger partial charge is 0.396 e. The first kappa shape index (κ1) is 11.3. The molecule has 1 heteroatoms. The molecule has 3 rings (SSSR count). The molecule has 0 heterocycles. The summed E-state index contributed by atoms with van der Waals surface area (Å²) in [7, 11) is 0. The van der Waals surface area contributed by atoms with Gasteiger partial charge in [-0.25, -0.2) is 0 Å². The Morgan fingerprint density at radius 3 is 2.65 bits per heavy atom. The van der Waals surface area contributed by atoms with Crippen molar-refractivity contribution >= 4 is 0 Å². The van der Waals surface area contributed by atoms with Crippen LogP contribution in [0.5, 0.6) is 0 Å². The summed E-state index contributed by atoms with van der Waals surface area (Å²) in [5.41, 5.74) is 4.47. The maximum atomic E-state index is 9.33. The maximum absolute atomic E-state index is 9.33. The number of aliphatic hydroxyl groups is 1. The molecule has 0 aromatic heterocycles. The highest BCUT2D eigenvalue weighted by Gasteiger charge is 2.23. The van der Waals surface area contributed by atoms with Gasteiger partial charge in [-0.15, -0.1) is 0 Å². The van der Waals surface area contributed by atoms with Gasteiger partial charge in [0.2, 0.25) is 0 Å². The van der Waals surface area contributed by atoms with E-state index >= 15 is 0 Å². The van der Waals surface area contributed by atoms with Crippen LogP contribution in [-0.2, 0) is 6.42 Å². The van der Waals surface area contributed by atoms with Gasteiger partial charge in [-0.3, -0.25) is 0 Å². The second-order valence-electron chi connectivity index (χ2n) is 5.71. The van der Waals surface area contributed by atoms with Crippen molar-refractivity contribution < 1.29 is 5.11 Å². The van der Waals surface area contributed by atoms with Crippen LogP contribution in [0, 0.1) is 0 Å². The summed E-state index contributed by atoms with van der Waals surface area (Å²) in [6.45, 7) is 0.315. The van der Waals surface area contributed by atoms with Crippen LogP contribution in [-0.4, -0.2) is 11.7 Å². The second kappa shape index (κ2) is 4.81. The van der Waals surface area contributed by atoms with Crippen LogP contribution < -0.4 is 0 Å².